The van der Waals surface area contributed by atoms with Crippen LogP contribution in [0.25, 0.3) is 6.08 Å². The predicted octanol–water partition coefficient (Wildman–Crippen LogP) is 2.69. The van der Waals surface area contributed by atoms with Gasteiger partial charge < -0.3 is 0 Å². The number of carbonyl (C=O) groups is 1. The molecule has 1 rings (SSSR count). The average Bonchev–Trinajstić information content (AvgIpc) is 2.07. The minimum absolute atomic E-state index is 0.314. The fraction of sp³-hybridized carbons (Fsp3) is 0. The van der Waals surface area contributed by atoms with Gasteiger partial charge >= 0.3 is 0 Å². The van der Waals surface area contributed by atoms with Gasteiger partial charge in [0, 0.05) is 10.6 Å². The van der Waals surface area contributed by atoms with Gasteiger partial charge in [0.2, 0.25) is 0 Å². The Bertz CT molecular complexity index is 320. The molecule has 1 nitrogen and oxygen atoms in total. The summed E-state index contributed by atoms with van der Waals surface area (Å²) < 4.78 is 12.9. The van der Waals surface area contributed by atoms with Gasteiger partial charge in [-0.3, -0.25) is 4.79 Å². The molecule has 0 N–H and O–H groups in total. The fourth-order valence-corrected chi connectivity index (χ4v) is 0.966. The van der Waals surface area contributed by atoms with Crippen molar-refractivity contribution in [3.8, 4) is 0 Å². The van der Waals surface area contributed by atoms with Crippen LogP contribution in [0.15, 0.2) is 24.3 Å². The van der Waals surface area contributed by atoms with Crippen molar-refractivity contribution >= 4 is 24.0 Å². The summed E-state index contributed by atoms with van der Waals surface area (Å²) in [4.78, 5) is 9.93. The highest BCUT2D eigenvalue weighted by Gasteiger charge is 1.97. The molecule has 62 valence electrons. The van der Waals surface area contributed by atoms with E-state index >= 15 is 0 Å². The van der Waals surface area contributed by atoms with Crippen molar-refractivity contribution in [3.63, 3.8) is 0 Å². The van der Waals surface area contributed by atoms with E-state index in [1.54, 1.807) is 0 Å². The van der Waals surface area contributed by atoms with Crippen molar-refractivity contribution in [2.24, 2.45) is 0 Å². The maximum atomic E-state index is 12.9. The quantitative estimate of drug-likeness (QED) is 0.510. The van der Waals surface area contributed by atoms with Crippen molar-refractivity contribution in [1.29, 1.82) is 0 Å². The van der Waals surface area contributed by atoms with E-state index in [4.69, 9.17) is 11.6 Å². The first-order valence-electron chi connectivity index (χ1n) is 3.31. The van der Waals surface area contributed by atoms with Crippen LogP contribution < -0.4 is 0 Å². The maximum absolute atomic E-state index is 12.9. The maximum Gasteiger partial charge on any atom is 0.142 e. The molecule has 0 saturated carbocycles. The van der Waals surface area contributed by atoms with E-state index in [-0.39, 0.29) is 0 Å². The number of rotatable bonds is 2. The normalized spacial score (nSPS) is 10.5. The second kappa shape index (κ2) is 4.02. The Labute approximate surface area is 74.5 Å². The molecule has 0 radical (unpaired) electrons. The molecule has 0 bridgehead atoms. The Kier molecular flexibility index (Phi) is 3.00. The lowest BCUT2D eigenvalue weighted by Crippen LogP contribution is -1.80. The zero-order valence-corrected chi connectivity index (χ0v) is 6.88. The van der Waals surface area contributed by atoms with Gasteiger partial charge in [0.05, 0.1) is 0 Å². The van der Waals surface area contributed by atoms with Gasteiger partial charge in [-0.2, -0.15) is 0 Å². The molecule has 0 fully saturated rings. The summed E-state index contributed by atoms with van der Waals surface area (Å²) in [6.45, 7) is 0. The van der Waals surface area contributed by atoms with Crippen LogP contribution in [0.3, 0.4) is 0 Å². The number of benzene rings is 1. The Balaban J connectivity index is 3.04. The van der Waals surface area contributed by atoms with Crippen molar-refractivity contribution in [1.82, 2.24) is 0 Å². The van der Waals surface area contributed by atoms with Crippen LogP contribution in [0, 0.1) is 5.82 Å². The minimum Gasteiger partial charge on any atom is -0.299 e. The Hall–Kier alpha value is -1.15. The van der Waals surface area contributed by atoms with Gasteiger partial charge in [-0.15, -0.1) is 0 Å². The third-order valence-electron chi connectivity index (χ3n) is 1.31. The summed E-state index contributed by atoms with van der Waals surface area (Å²) in [6.07, 6.45) is 3.17. The van der Waals surface area contributed by atoms with E-state index in [0.717, 1.165) is 0 Å². The number of carbonyl (C=O) groups excluding carboxylic acids is 1. The van der Waals surface area contributed by atoms with Gasteiger partial charge in [0.15, 0.2) is 0 Å². The fourth-order valence-electron chi connectivity index (χ4n) is 0.785. The molecule has 0 spiro atoms. The van der Waals surface area contributed by atoms with E-state index in [1.807, 2.05) is 0 Å². The summed E-state index contributed by atoms with van der Waals surface area (Å²) in [5, 5.41) is 0.446. The van der Waals surface area contributed by atoms with E-state index < -0.39 is 5.82 Å². The van der Waals surface area contributed by atoms with Gasteiger partial charge in [0.1, 0.15) is 12.1 Å². The largest absolute Gasteiger partial charge is 0.299 e. The summed E-state index contributed by atoms with van der Waals surface area (Å²) in [7, 11) is 0. The van der Waals surface area contributed by atoms with Crippen LogP contribution in [0.4, 0.5) is 4.39 Å². The molecule has 1 aromatic carbocycles. The second-order valence-corrected chi connectivity index (χ2v) is 2.60. The number of allylic oxidation sites excluding steroid dienone is 1. The number of halogens is 2. The minimum atomic E-state index is -0.391. The van der Waals surface area contributed by atoms with E-state index in [1.165, 1.54) is 30.4 Å². The van der Waals surface area contributed by atoms with Gasteiger partial charge in [-0.05, 0) is 30.4 Å². The lowest BCUT2D eigenvalue weighted by atomic mass is 10.2. The van der Waals surface area contributed by atoms with Crippen molar-refractivity contribution < 1.29 is 9.18 Å². The summed E-state index contributed by atoms with van der Waals surface area (Å²) in [6, 6.07) is 4.17. The van der Waals surface area contributed by atoms with Crippen molar-refractivity contribution in [3.05, 3.63) is 40.7 Å². The first-order valence-corrected chi connectivity index (χ1v) is 3.69. The highest BCUT2D eigenvalue weighted by Crippen LogP contribution is 2.15. The average molecular weight is 185 g/mol. The molecule has 0 aromatic heterocycles. The van der Waals surface area contributed by atoms with E-state index in [0.29, 0.717) is 16.9 Å². The van der Waals surface area contributed by atoms with Gasteiger partial charge in [-0.1, -0.05) is 11.6 Å². The van der Waals surface area contributed by atoms with Gasteiger partial charge in [-0.25, -0.2) is 4.39 Å². The zero-order chi connectivity index (χ0) is 8.97. The highest BCUT2D eigenvalue weighted by molar-refractivity contribution is 6.30. The number of hydrogen-bond acceptors (Lipinski definition) is 1. The predicted molar refractivity (Wildman–Crippen MR) is 46.5 cm³/mol. The molecule has 12 heavy (non-hydrogen) atoms. The molecule has 3 heteroatoms. The summed E-state index contributed by atoms with van der Waals surface area (Å²) >= 11 is 5.61. The molecule has 0 aliphatic carbocycles. The van der Waals surface area contributed by atoms with E-state index in [2.05, 4.69) is 0 Å². The molecule has 0 heterocycles. The summed E-state index contributed by atoms with van der Waals surface area (Å²) in [5.74, 6) is -0.391. The first-order chi connectivity index (χ1) is 5.74. The smallest absolute Gasteiger partial charge is 0.142 e. The topological polar surface area (TPSA) is 17.1 Å². The number of hydrogen-bond donors (Lipinski definition) is 0. The van der Waals surface area contributed by atoms with Crippen molar-refractivity contribution in [2.45, 2.75) is 0 Å². The number of aldehydes is 1. The Morgan fingerprint density at radius 1 is 1.42 bits per heavy atom. The van der Waals surface area contributed by atoms with Crippen LogP contribution in [0.2, 0.25) is 5.02 Å². The molecular weight excluding hydrogens is 179 g/mol. The lowest BCUT2D eigenvalue weighted by molar-refractivity contribution is -0.104. The van der Waals surface area contributed by atoms with E-state index in [9.17, 15) is 9.18 Å². The first kappa shape index (κ1) is 8.94. The van der Waals surface area contributed by atoms with Crippen LogP contribution in [0.1, 0.15) is 5.56 Å². The molecule has 0 amide bonds. The highest BCUT2D eigenvalue weighted by atomic mass is 35.5. The van der Waals surface area contributed by atoms with Crippen LogP contribution in [-0.4, -0.2) is 6.29 Å². The molecule has 0 saturated heterocycles. The SMILES string of the molecule is O=CC=Cc1cc(Cl)ccc1F. The Morgan fingerprint density at radius 3 is 2.83 bits per heavy atom. The molecule has 1 aromatic rings. The van der Waals surface area contributed by atoms with Crippen LogP contribution in [0.5, 0.6) is 0 Å². The van der Waals surface area contributed by atoms with Crippen molar-refractivity contribution in [2.75, 3.05) is 0 Å². The third kappa shape index (κ3) is 2.17. The standard InChI is InChI=1S/C9H6ClFO/c10-8-3-4-9(11)7(6-8)2-1-5-12/h1-6H. The monoisotopic (exact) mass is 184 g/mol. The Morgan fingerprint density at radius 2 is 2.17 bits per heavy atom. The molecular formula is C9H6ClFO. The lowest BCUT2D eigenvalue weighted by Gasteiger charge is -1.95. The zero-order valence-electron chi connectivity index (χ0n) is 6.13. The molecule has 0 aliphatic heterocycles. The van der Waals surface area contributed by atoms with Crippen LogP contribution >= 0.6 is 11.6 Å². The molecule has 0 unspecified atom stereocenters. The van der Waals surface area contributed by atoms with Crippen LogP contribution in [-0.2, 0) is 4.79 Å². The molecule has 0 atom stereocenters. The third-order valence-corrected chi connectivity index (χ3v) is 1.55. The second-order valence-electron chi connectivity index (χ2n) is 2.16. The van der Waals surface area contributed by atoms with Gasteiger partial charge in [0.25, 0.3) is 0 Å². The molecule has 0 aliphatic rings. The summed E-state index contributed by atoms with van der Waals surface area (Å²) in [5.41, 5.74) is 0.314.